The molecule has 0 aliphatic carbocycles. The average molecular weight is 244 g/mol. The number of anilines is 1. The largest absolute Gasteiger partial charge is 0.355 e. The molecule has 1 aromatic heterocycles. The van der Waals surface area contributed by atoms with Crippen LogP contribution >= 0.6 is 23.4 Å². The van der Waals surface area contributed by atoms with Gasteiger partial charge < -0.3 is 4.90 Å². The maximum absolute atomic E-state index is 6.06. The second-order valence-electron chi connectivity index (χ2n) is 3.61. The Morgan fingerprint density at radius 2 is 1.87 bits per heavy atom. The Bertz CT molecular complexity index is 364. The summed E-state index contributed by atoms with van der Waals surface area (Å²) in [6, 6.07) is 0. The number of nitrogens with zero attached hydrogens (tertiary/aromatic N) is 3. The van der Waals surface area contributed by atoms with Gasteiger partial charge in [0.05, 0.1) is 0 Å². The zero-order valence-electron chi connectivity index (χ0n) is 8.96. The minimum absolute atomic E-state index is 0.579. The Labute approximate surface area is 99.2 Å². The molecule has 0 amide bonds. The first-order chi connectivity index (χ1) is 7.18. The van der Waals surface area contributed by atoms with E-state index in [4.69, 9.17) is 11.6 Å². The Balaban J connectivity index is 2.33. The molecule has 1 saturated heterocycles. The zero-order valence-corrected chi connectivity index (χ0v) is 10.5. The van der Waals surface area contributed by atoms with E-state index < -0.39 is 0 Å². The number of hydrogen-bond acceptors (Lipinski definition) is 4. The Morgan fingerprint density at radius 3 is 2.53 bits per heavy atom. The van der Waals surface area contributed by atoms with Crippen molar-refractivity contribution >= 4 is 29.2 Å². The van der Waals surface area contributed by atoms with Crippen LogP contribution in [0, 0.1) is 13.8 Å². The van der Waals surface area contributed by atoms with Crippen LogP contribution in [0.1, 0.15) is 11.4 Å². The van der Waals surface area contributed by atoms with Crippen molar-refractivity contribution in [1.82, 2.24) is 9.97 Å². The Kier molecular flexibility index (Phi) is 3.36. The van der Waals surface area contributed by atoms with E-state index in [1.807, 2.05) is 25.6 Å². The molecule has 0 radical (unpaired) electrons. The van der Waals surface area contributed by atoms with Crippen LogP contribution in [0.4, 0.5) is 5.82 Å². The van der Waals surface area contributed by atoms with Crippen LogP contribution in [0.25, 0.3) is 0 Å². The third-order valence-electron chi connectivity index (χ3n) is 2.48. The van der Waals surface area contributed by atoms with Crippen LogP contribution in [-0.4, -0.2) is 34.6 Å². The van der Waals surface area contributed by atoms with Gasteiger partial charge >= 0.3 is 0 Å². The van der Waals surface area contributed by atoms with Gasteiger partial charge in [0, 0.05) is 30.2 Å². The van der Waals surface area contributed by atoms with Gasteiger partial charge in [-0.25, -0.2) is 9.97 Å². The monoisotopic (exact) mass is 243 g/mol. The summed E-state index contributed by atoms with van der Waals surface area (Å²) in [5.74, 6) is 4.09. The quantitative estimate of drug-likeness (QED) is 0.708. The van der Waals surface area contributed by atoms with Crippen molar-refractivity contribution in [3.63, 3.8) is 0 Å². The topological polar surface area (TPSA) is 29.0 Å². The van der Waals surface area contributed by atoms with E-state index in [0.717, 1.165) is 30.3 Å². The lowest BCUT2D eigenvalue weighted by molar-refractivity contribution is 0.821. The van der Waals surface area contributed by atoms with Crippen LogP contribution in [0.3, 0.4) is 0 Å². The molecule has 0 spiro atoms. The van der Waals surface area contributed by atoms with Gasteiger partial charge in [-0.3, -0.25) is 0 Å². The standard InChI is InChI=1S/C10H14ClN3S/c1-7-9(11)12-8(2)13-10(7)14-3-5-15-6-4-14/h3-6H2,1-2H3. The molecule has 0 saturated carbocycles. The zero-order chi connectivity index (χ0) is 10.8. The lowest BCUT2D eigenvalue weighted by atomic mass is 10.3. The first-order valence-electron chi connectivity index (χ1n) is 5.02. The van der Waals surface area contributed by atoms with Crippen molar-refractivity contribution in [3.05, 3.63) is 16.5 Å². The molecule has 1 fully saturated rings. The van der Waals surface area contributed by atoms with Crippen LogP contribution in [-0.2, 0) is 0 Å². The first-order valence-corrected chi connectivity index (χ1v) is 6.55. The normalized spacial score (nSPS) is 16.9. The van der Waals surface area contributed by atoms with Gasteiger partial charge in [0.15, 0.2) is 0 Å². The number of rotatable bonds is 1. The summed E-state index contributed by atoms with van der Waals surface area (Å²) in [7, 11) is 0. The molecule has 0 atom stereocenters. The Hall–Kier alpha value is -0.480. The van der Waals surface area contributed by atoms with Crippen molar-refractivity contribution in [2.24, 2.45) is 0 Å². The smallest absolute Gasteiger partial charge is 0.137 e. The van der Waals surface area contributed by atoms with Gasteiger partial charge in [0.25, 0.3) is 0 Å². The average Bonchev–Trinajstić information content (AvgIpc) is 2.24. The minimum atomic E-state index is 0.579. The minimum Gasteiger partial charge on any atom is -0.355 e. The van der Waals surface area contributed by atoms with E-state index in [9.17, 15) is 0 Å². The number of thioether (sulfide) groups is 1. The van der Waals surface area contributed by atoms with E-state index in [1.54, 1.807) is 0 Å². The highest BCUT2D eigenvalue weighted by Crippen LogP contribution is 2.25. The summed E-state index contributed by atoms with van der Waals surface area (Å²) in [4.78, 5) is 10.9. The van der Waals surface area contributed by atoms with Crippen molar-refractivity contribution in [1.29, 1.82) is 0 Å². The molecule has 1 aliphatic rings. The third-order valence-corrected chi connectivity index (χ3v) is 3.79. The molecular formula is C10H14ClN3S. The van der Waals surface area contributed by atoms with E-state index >= 15 is 0 Å². The predicted molar refractivity (Wildman–Crippen MR) is 66.1 cm³/mol. The maximum Gasteiger partial charge on any atom is 0.137 e. The molecule has 15 heavy (non-hydrogen) atoms. The predicted octanol–water partition coefficient (Wildman–Crippen LogP) is 2.30. The molecule has 3 nitrogen and oxygen atoms in total. The summed E-state index contributed by atoms with van der Waals surface area (Å²) in [5, 5.41) is 0.579. The van der Waals surface area contributed by atoms with Gasteiger partial charge in [0.1, 0.15) is 16.8 Å². The Morgan fingerprint density at radius 1 is 1.20 bits per heavy atom. The summed E-state index contributed by atoms with van der Waals surface area (Å²) in [6.07, 6.45) is 0. The second-order valence-corrected chi connectivity index (χ2v) is 5.19. The molecule has 2 heterocycles. The molecule has 5 heteroatoms. The van der Waals surface area contributed by atoms with Gasteiger partial charge in [-0.05, 0) is 13.8 Å². The van der Waals surface area contributed by atoms with Crippen LogP contribution in [0.2, 0.25) is 5.15 Å². The molecule has 0 aromatic carbocycles. The van der Waals surface area contributed by atoms with Gasteiger partial charge in [-0.1, -0.05) is 11.6 Å². The van der Waals surface area contributed by atoms with Crippen molar-refractivity contribution in [2.75, 3.05) is 29.5 Å². The molecule has 82 valence electrons. The van der Waals surface area contributed by atoms with E-state index in [2.05, 4.69) is 14.9 Å². The summed E-state index contributed by atoms with van der Waals surface area (Å²) in [5.41, 5.74) is 0.995. The van der Waals surface area contributed by atoms with E-state index in [1.165, 1.54) is 11.5 Å². The molecular weight excluding hydrogens is 230 g/mol. The number of aromatic nitrogens is 2. The SMILES string of the molecule is Cc1nc(Cl)c(C)c(N2CCSCC2)n1. The fourth-order valence-electron chi connectivity index (χ4n) is 1.66. The van der Waals surface area contributed by atoms with Crippen molar-refractivity contribution in [2.45, 2.75) is 13.8 Å². The van der Waals surface area contributed by atoms with Crippen molar-refractivity contribution in [3.8, 4) is 0 Å². The second kappa shape index (κ2) is 4.58. The fourth-order valence-corrected chi connectivity index (χ4v) is 2.77. The highest BCUT2D eigenvalue weighted by molar-refractivity contribution is 7.99. The molecule has 0 unspecified atom stereocenters. The highest BCUT2D eigenvalue weighted by Gasteiger charge is 2.16. The highest BCUT2D eigenvalue weighted by atomic mass is 35.5. The summed E-state index contributed by atoms with van der Waals surface area (Å²) in [6.45, 7) is 5.98. The third kappa shape index (κ3) is 2.37. The van der Waals surface area contributed by atoms with Crippen LogP contribution in [0.5, 0.6) is 0 Å². The first kappa shape index (κ1) is 11.0. The van der Waals surface area contributed by atoms with E-state index in [0.29, 0.717) is 5.15 Å². The van der Waals surface area contributed by atoms with Gasteiger partial charge in [-0.2, -0.15) is 11.8 Å². The van der Waals surface area contributed by atoms with E-state index in [-0.39, 0.29) is 0 Å². The number of hydrogen-bond donors (Lipinski definition) is 0. The molecule has 1 aliphatic heterocycles. The van der Waals surface area contributed by atoms with Crippen LogP contribution in [0.15, 0.2) is 0 Å². The van der Waals surface area contributed by atoms with Gasteiger partial charge in [0.2, 0.25) is 0 Å². The molecule has 2 rings (SSSR count). The number of halogens is 1. The van der Waals surface area contributed by atoms with Crippen molar-refractivity contribution < 1.29 is 0 Å². The van der Waals surface area contributed by atoms with Gasteiger partial charge in [-0.15, -0.1) is 0 Å². The lowest BCUT2D eigenvalue weighted by Crippen LogP contribution is -2.34. The molecule has 0 N–H and O–H groups in total. The summed E-state index contributed by atoms with van der Waals surface area (Å²) < 4.78 is 0. The molecule has 1 aromatic rings. The maximum atomic E-state index is 6.06. The van der Waals surface area contributed by atoms with Crippen LogP contribution < -0.4 is 4.90 Å². The fraction of sp³-hybridized carbons (Fsp3) is 0.600. The summed E-state index contributed by atoms with van der Waals surface area (Å²) >= 11 is 8.04. The lowest BCUT2D eigenvalue weighted by Gasteiger charge is -2.28. The molecule has 0 bridgehead atoms. The number of aryl methyl sites for hydroxylation is 1.